The Kier molecular flexibility index (Phi) is 3.71. The van der Waals surface area contributed by atoms with E-state index in [2.05, 4.69) is 24.3 Å². The quantitative estimate of drug-likeness (QED) is 0.803. The summed E-state index contributed by atoms with van der Waals surface area (Å²) in [4.78, 5) is 0. The molecule has 0 aliphatic carbocycles. The second kappa shape index (κ2) is 5.25. The first-order valence-electron chi connectivity index (χ1n) is 5.36. The van der Waals surface area contributed by atoms with Crippen molar-refractivity contribution >= 4 is 18.5 Å². The Morgan fingerprint density at radius 2 is 1.19 bits per heavy atom. The molecule has 0 heterocycles. The van der Waals surface area contributed by atoms with E-state index >= 15 is 0 Å². The lowest BCUT2D eigenvalue weighted by molar-refractivity contribution is 0.280. The molecule has 82 valence electrons. The molecule has 0 radical (unpaired) electrons. The fourth-order valence-electron chi connectivity index (χ4n) is 1.76. The van der Waals surface area contributed by atoms with Crippen LogP contribution in [-0.2, 0) is 0 Å². The zero-order valence-electron chi connectivity index (χ0n) is 9.25. The van der Waals surface area contributed by atoms with E-state index in [0.29, 0.717) is 0 Å². The van der Waals surface area contributed by atoms with E-state index < -0.39 is 7.92 Å². The zero-order valence-corrected chi connectivity index (χ0v) is 10.1. The summed E-state index contributed by atoms with van der Waals surface area (Å²) in [5.74, 6) is -0.320. The van der Waals surface area contributed by atoms with E-state index in [4.69, 9.17) is 0 Å². The highest BCUT2D eigenvalue weighted by Crippen LogP contribution is 2.37. The monoisotopic (exact) mass is 230 g/mol. The largest absolute Gasteiger partial charge is 0.388 e. The van der Waals surface area contributed by atoms with Crippen LogP contribution in [-0.4, -0.2) is 11.0 Å². The van der Waals surface area contributed by atoms with Crippen molar-refractivity contribution in [3.05, 3.63) is 60.7 Å². The predicted octanol–water partition coefficient (Wildman–Crippen LogP) is 2.46. The number of rotatable bonds is 3. The number of aliphatic hydroxyl groups excluding tert-OH is 1. The van der Waals surface area contributed by atoms with Crippen LogP contribution < -0.4 is 10.6 Å². The van der Waals surface area contributed by atoms with Crippen LogP contribution in [0.5, 0.6) is 0 Å². The van der Waals surface area contributed by atoms with Gasteiger partial charge in [-0.3, -0.25) is 0 Å². The van der Waals surface area contributed by atoms with Crippen molar-refractivity contribution in [2.45, 2.75) is 12.8 Å². The Morgan fingerprint density at radius 1 is 0.812 bits per heavy atom. The van der Waals surface area contributed by atoms with Gasteiger partial charge in [0.05, 0.1) is 5.85 Å². The van der Waals surface area contributed by atoms with Gasteiger partial charge < -0.3 is 5.11 Å². The van der Waals surface area contributed by atoms with Gasteiger partial charge in [-0.1, -0.05) is 60.7 Å². The Morgan fingerprint density at radius 3 is 1.50 bits per heavy atom. The highest BCUT2D eigenvalue weighted by atomic mass is 31.1. The molecular formula is C14H15OP. The maximum absolute atomic E-state index is 9.95. The van der Waals surface area contributed by atoms with Gasteiger partial charge in [0.2, 0.25) is 0 Å². The lowest BCUT2D eigenvalue weighted by Crippen LogP contribution is -2.19. The summed E-state index contributed by atoms with van der Waals surface area (Å²) in [7, 11) is -0.654. The van der Waals surface area contributed by atoms with E-state index in [9.17, 15) is 5.11 Å². The van der Waals surface area contributed by atoms with Gasteiger partial charge in [0.1, 0.15) is 0 Å². The molecule has 2 aromatic carbocycles. The van der Waals surface area contributed by atoms with E-state index in [1.807, 2.05) is 43.3 Å². The molecule has 0 bridgehead atoms. The topological polar surface area (TPSA) is 20.2 Å². The van der Waals surface area contributed by atoms with Gasteiger partial charge in [-0.2, -0.15) is 0 Å². The third kappa shape index (κ3) is 2.49. The third-order valence-electron chi connectivity index (χ3n) is 2.44. The molecule has 0 fully saturated rings. The molecule has 0 saturated heterocycles. The predicted molar refractivity (Wildman–Crippen MR) is 70.8 cm³/mol. The first-order chi connectivity index (χ1) is 7.79. The number of hydrogen-bond acceptors (Lipinski definition) is 1. The summed E-state index contributed by atoms with van der Waals surface area (Å²) in [6, 6.07) is 20.5. The van der Waals surface area contributed by atoms with Crippen LogP contribution in [0.3, 0.4) is 0 Å². The van der Waals surface area contributed by atoms with Crippen molar-refractivity contribution in [3.63, 3.8) is 0 Å². The first-order valence-corrected chi connectivity index (χ1v) is 6.77. The van der Waals surface area contributed by atoms with Gasteiger partial charge in [-0.05, 0) is 25.5 Å². The van der Waals surface area contributed by atoms with E-state index in [1.54, 1.807) is 0 Å². The molecule has 0 amide bonds. The fraction of sp³-hybridized carbons (Fsp3) is 0.143. The lowest BCUT2D eigenvalue weighted by Gasteiger charge is -2.21. The van der Waals surface area contributed by atoms with Crippen LogP contribution in [0.25, 0.3) is 0 Å². The average molecular weight is 230 g/mol. The molecule has 0 aromatic heterocycles. The van der Waals surface area contributed by atoms with Crippen LogP contribution in [0.1, 0.15) is 6.92 Å². The molecule has 0 aliphatic rings. The van der Waals surface area contributed by atoms with E-state index in [-0.39, 0.29) is 5.85 Å². The van der Waals surface area contributed by atoms with E-state index in [1.165, 1.54) is 10.6 Å². The van der Waals surface area contributed by atoms with Crippen molar-refractivity contribution in [1.82, 2.24) is 0 Å². The number of aliphatic hydroxyl groups is 1. The minimum Gasteiger partial charge on any atom is -0.388 e. The van der Waals surface area contributed by atoms with Crippen molar-refractivity contribution < 1.29 is 5.11 Å². The van der Waals surface area contributed by atoms with Crippen LogP contribution in [0.15, 0.2) is 60.7 Å². The standard InChI is InChI=1S/C14H15OP/c1-12(15)16(13-8-4-2-5-9-13)14-10-6-3-7-11-14/h2-12,15H,1H3/t12-/m1/s1. The third-order valence-corrected chi connectivity index (χ3v) is 4.90. The molecule has 16 heavy (non-hydrogen) atoms. The molecule has 0 spiro atoms. The summed E-state index contributed by atoms with van der Waals surface area (Å²) in [6.07, 6.45) is 0. The van der Waals surface area contributed by atoms with Crippen LogP contribution >= 0.6 is 7.92 Å². The lowest BCUT2D eigenvalue weighted by atomic mass is 10.4. The maximum Gasteiger partial charge on any atom is 0.0785 e. The second-order valence-corrected chi connectivity index (χ2v) is 6.19. The summed E-state index contributed by atoms with van der Waals surface area (Å²) < 4.78 is 0. The SMILES string of the molecule is C[C@H](O)P(c1ccccc1)c1ccccc1. The highest BCUT2D eigenvalue weighted by Gasteiger charge is 2.18. The van der Waals surface area contributed by atoms with Crippen molar-refractivity contribution in [1.29, 1.82) is 0 Å². The van der Waals surface area contributed by atoms with Gasteiger partial charge in [0.15, 0.2) is 0 Å². The maximum atomic E-state index is 9.95. The van der Waals surface area contributed by atoms with E-state index in [0.717, 1.165) is 0 Å². The molecule has 2 rings (SSSR count). The molecule has 0 unspecified atom stereocenters. The van der Waals surface area contributed by atoms with Crippen molar-refractivity contribution in [2.24, 2.45) is 0 Å². The number of hydrogen-bond donors (Lipinski definition) is 1. The Balaban J connectivity index is 2.40. The first kappa shape index (κ1) is 11.3. The molecule has 1 nitrogen and oxygen atoms in total. The van der Waals surface area contributed by atoms with Crippen LogP contribution in [0, 0.1) is 0 Å². The second-order valence-electron chi connectivity index (χ2n) is 3.67. The summed E-state index contributed by atoms with van der Waals surface area (Å²) in [6.45, 7) is 1.87. The highest BCUT2D eigenvalue weighted by molar-refractivity contribution is 7.73. The van der Waals surface area contributed by atoms with Crippen molar-refractivity contribution in [2.75, 3.05) is 0 Å². The molecule has 2 heteroatoms. The zero-order chi connectivity index (χ0) is 11.4. The van der Waals surface area contributed by atoms with Gasteiger partial charge in [0.25, 0.3) is 0 Å². The van der Waals surface area contributed by atoms with Crippen LogP contribution in [0.4, 0.5) is 0 Å². The molecule has 1 N–H and O–H groups in total. The van der Waals surface area contributed by atoms with Gasteiger partial charge in [0, 0.05) is 0 Å². The normalized spacial score (nSPS) is 12.7. The van der Waals surface area contributed by atoms with Crippen molar-refractivity contribution in [3.8, 4) is 0 Å². The molecule has 0 aliphatic heterocycles. The molecular weight excluding hydrogens is 215 g/mol. The minimum atomic E-state index is -0.654. The number of benzene rings is 2. The smallest absolute Gasteiger partial charge is 0.0785 e. The van der Waals surface area contributed by atoms with Gasteiger partial charge >= 0.3 is 0 Å². The van der Waals surface area contributed by atoms with Crippen LogP contribution in [0.2, 0.25) is 0 Å². The molecule has 2 aromatic rings. The molecule has 1 atom stereocenters. The fourth-order valence-corrected chi connectivity index (χ4v) is 3.91. The Hall–Kier alpha value is -1.17. The van der Waals surface area contributed by atoms with Gasteiger partial charge in [-0.15, -0.1) is 0 Å². The Bertz CT molecular complexity index is 386. The Labute approximate surface area is 97.5 Å². The summed E-state index contributed by atoms with van der Waals surface area (Å²) >= 11 is 0. The summed E-state index contributed by atoms with van der Waals surface area (Å²) in [5, 5.41) is 12.4. The summed E-state index contributed by atoms with van der Waals surface area (Å²) in [5.41, 5.74) is 0. The van der Waals surface area contributed by atoms with Gasteiger partial charge in [-0.25, -0.2) is 0 Å². The minimum absolute atomic E-state index is 0.320. The molecule has 0 saturated carbocycles. The average Bonchev–Trinajstić information content (AvgIpc) is 2.31.